The Labute approximate surface area is 89.1 Å². The van der Waals surface area contributed by atoms with Gasteiger partial charge >= 0.3 is 0 Å². The number of hydrogen-bond donors (Lipinski definition) is 0. The summed E-state index contributed by atoms with van der Waals surface area (Å²) in [5.41, 5.74) is 1.01. The molecule has 2 aromatic rings. The van der Waals surface area contributed by atoms with Gasteiger partial charge < -0.3 is 4.74 Å². The third-order valence-corrected chi connectivity index (χ3v) is 2.42. The molecule has 0 aliphatic heterocycles. The minimum atomic E-state index is 0.314. The molecule has 2 rings (SSSR count). The van der Waals surface area contributed by atoms with E-state index in [-0.39, 0.29) is 0 Å². The van der Waals surface area contributed by atoms with Crippen LogP contribution >= 0.6 is 23.3 Å². The number of halogens is 1. The van der Waals surface area contributed by atoms with Gasteiger partial charge in [0.1, 0.15) is 5.69 Å². The lowest BCUT2D eigenvalue weighted by Crippen LogP contribution is -1.94. The molecule has 5 nitrogen and oxygen atoms in total. The van der Waals surface area contributed by atoms with Gasteiger partial charge in [-0.05, 0) is 0 Å². The first kappa shape index (κ1) is 9.29. The Hall–Kier alpha value is -1.27. The predicted octanol–water partition coefficient (Wildman–Crippen LogP) is 1.66. The fraction of sp³-hybridized carbons (Fsp3) is 0.143. The van der Waals surface area contributed by atoms with Crippen molar-refractivity contribution in [1.82, 2.24) is 18.7 Å². The van der Waals surface area contributed by atoms with Crippen molar-refractivity contribution < 1.29 is 4.74 Å². The van der Waals surface area contributed by atoms with Crippen molar-refractivity contribution in [2.45, 2.75) is 0 Å². The smallest absolute Gasteiger partial charge is 0.242 e. The topological polar surface area (TPSA) is 60.8 Å². The lowest BCUT2D eigenvalue weighted by Gasteiger charge is -2.01. The summed E-state index contributed by atoms with van der Waals surface area (Å²) in [6, 6.07) is 0. The van der Waals surface area contributed by atoms with E-state index >= 15 is 0 Å². The summed E-state index contributed by atoms with van der Waals surface area (Å²) in [5.74, 6) is 0.391. The van der Waals surface area contributed by atoms with Gasteiger partial charge in [-0.3, -0.25) is 0 Å². The van der Waals surface area contributed by atoms with E-state index < -0.39 is 0 Å². The molecule has 0 saturated heterocycles. The second-order valence-corrected chi connectivity index (χ2v) is 3.20. The van der Waals surface area contributed by atoms with E-state index in [2.05, 4.69) is 18.7 Å². The lowest BCUT2D eigenvalue weighted by molar-refractivity contribution is 0.397. The largest absolute Gasteiger partial charge is 0.479 e. The van der Waals surface area contributed by atoms with Crippen molar-refractivity contribution in [3.63, 3.8) is 0 Å². The fourth-order valence-corrected chi connectivity index (χ4v) is 1.68. The standard InChI is InChI=1S/C7H5ClN4OS/c1-13-7-5(9-2-3-10-7)4-6(8)12-14-11-4/h2-3H,1H3. The number of rotatable bonds is 2. The van der Waals surface area contributed by atoms with E-state index in [0.717, 1.165) is 11.7 Å². The maximum atomic E-state index is 5.82. The predicted molar refractivity (Wildman–Crippen MR) is 52.5 cm³/mol. The molecule has 0 bridgehead atoms. The first-order valence-electron chi connectivity index (χ1n) is 3.66. The summed E-state index contributed by atoms with van der Waals surface area (Å²) in [6.07, 6.45) is 3.09. The molecule has 0 aliphatic carbocycles. The molecule has 0 spiro atoms. The van der Waals surface area contributed by atoms with Gasteiger partial charge in [0.25, 0.3) is 0 Å². The first-order chi connectivity index (χ1) is 6.83. The molecular formula is C7H5ClN4OS. The number of nitrogens with zero attached hydrogens (tertiary/aromatic N) is 4. The maximum Gasteiger partial charge on any atom is 0.242 e. The van der Waals surface area contributed by atoms with Crippen molar-refractivity contribution in [2.24, 2.45) is 0 Å². The van der Waals surface area contributed by atoms with Gasteiger partial charge in [0, 0.05) is 12.4 Å². The zero-order valence-corrected chi connectivity index (χ0v) is 8.71. The van der Waals surface area contributed by atoms with Crippen LogP contribution < -0.4 is 4.74 Å². The van der Waals surface area contributed by atoms with Crippen LogP contribution in [0.3, 0.4) is 0 Å². The molecule has 0 radical (unpaired) electrons. The average Bonchev–Trinajstić information content (AvgIpc) is 2.64. The number of aromatic nitrogens is 4. The lowest BCUT2D eigenvalue weighted by atomic mass is 10.3. The molecule has 2 aromatic heterocycles. The molecular weight excluding hydrogens is 224 g/mol. The van der Waals surface area contributed by atoms with E-state index in [1.807, 2.05) is 0 Å². The van der Waals surface area contributed by atoms with Gasteiger partial charge in [0.2, 0.25) is 5.88 Å². The Morgan fingerprint density at radius 1 is 1.21 bits per heavy atom. The van der Waals surface area contributed by atoms with Crippen LogP contribution in [0.1, 0.15) is 0 Å². The van der Waals surface area contributed by atoms with Crippen LogP contribution in [0, 0.1) is 0 Å². The zero-order chi connectivity index (χ0) is 9.97. The Balaban J connectivity index is 2.56. The molecule has 0 N–H and O–H groups in total. The summed E-state index contributed by atoms with van der Waals surface area (Å²) in [5, 5.41) is 0.314. The van der Waals surface area contributed by atoms with Gasteiger partial charge in [-0.2, -0.15) is 8.75 Å². The highest BCUT2D eigenvalue weighted by molar-refractivity contribution is 6.99. The second kappa shape index (κ2) is 3.85. The van der Waals surface area contributed by atoms with Crippen LogP contribution in [-0.2, 0) is 0 Å². The minimum absolute atomic E-state index is 0.314. The van der Waals surface area contributed by atoms with E-state index in [9.17, 15) is 0 Å². The first-order valence-corrected chi connectivity index (χ1v) is 4.77. The van der Waals surface area contributed by atoms with E-state index in [0.29, 0.717) is 22.4 Å². The van der Waals surface area contributed by atoms with Crippen molar-refractivity contribution in [3.8, 4) is 17.3 Å². The van der Waals surface area contributed by atoms with Gasteiger partial charge in [0.15, 0.2) is 10.8 Å². The summed E-state index contributed by atoms with van der Waals surface area (Å²) in [7, 11) is 1.52. The molecule has 0 aliphatic rings. The molecule has 7 heteroatoms. The third-order valence-electron chi connectivity index (χ3n) is 1.53. The zero-order valence-electron chi connectivity index (χ0n) is 7.14. The summed E-state index contributed by atoms with van der Waals surface area (Å²) in [6.45, 7) is 0. The summed E-state index contributed by atoms with van der Waals surface area (Å²) < 4.78 is 12.9. The number of hydrogen-bond acceptors (Lipinski definition) is 6. The van der Waals surface area contributed by atoms with E-state index in [1.54, 1.807) is 6.20 Å². The van der Waals surface area contributed by atoms with E-state index in [4.69, 9.17) is 16.3 Å². The number of ether oxygens (including phenoxy) is 1. The quantitative estimate of drug-likeness (QED) is 0.782. The number of methoxy groups -OCH3 is 1. The highest BCUT2D eigenvalue weighted by Gasteiger charge is 2.15. The van der Waals surface area contributed by atoms with Gasteiger partial charge in [-0.25, -0.2) is 9.97 Å². The fourth-order valence-electron chi connectivity index (χ4n) is 0.956. The minimum Gasteiger partial charge on any atom is -0.479 e. The second-order valence-electron chi connectivity index (χ2n) is 2.32. The van der Waals surface area contributed by atoms with Gasteiger partial charge in [0.05, 0.1) is 18.8 Å². The van der Waals surface area contributed by atoms with Crippen molar-refractivity contribution >= 4 is 23.3 Å². The Kier molecular flexibility index (Phi) is 2.55. The molecule has 0 aromatic carbocycles. The molecule has 0 saturated carbocycles. The van der Waals surface area contributed by atoms with Crippen molar-refractivity contribution in [2.75, 3.05) is 7.11 Å². The highest BCUT2D eigenvalue weighted by Crippen LogP contribution is 2.29. The average molecular weight is 229 g/mol. The van der Waals surface area contributed by atoms with Crippen LogP contribution in [-0.4, -0.2) is 25.8 Å². The molecule has 0 unspecified atom stereocenters. The Bertz CT molecular complexity index is 447. The van der Waals surface area contributed by atoms with Gasteiger partial charge in [-0.15, -0.1) is 0 Å². The van der Waals surface area contributed by atoms with Crippen LogP contribution in [0.2, 0.25) is 5.15 Å². The Morgan fingerprint density at radius 3 is 2.64 bits per heavy atom. The van der Waals surface area contributed by atoms with E-state index in [1.165, 1.54) is 13.3 Å². The monoisotopic (exact) mass is 228 g/mol. The normalized spacial score (nSPS) is 10.1. The van der Waals surface area contributed by atoms with Crippen molar-refractivity contribution in [3.05, 3.63) is 17.5 Å². The van der Waals surface area contributed by atoms with Crippen LogP contribution in [0.15, 0.2) is 12.4 Å². The summed E-state index contributed by atoms with van der Waals surface area (Å²) >= 11 is 6.84. The SMILES string of the molecule is COc1nccnc1-c1nsnc1Cl. The van der Waals surface area contributed by atoms with Crippen LogP contribution in [0.25, 0.3) is 11.4 Å². The molecule has 2 heterocycles. The molecule has 14 heavy (non-hydrogen) atoms. The third kappa shape index (κ3) is 1.53. The molecule has 0 atom stereocenters. The van der Waals surface area contributed by atoms with Crippen LogP contribution in [0.5, 0.6) is 5.88 Å². The molecule has 72 valence electrons. The maximum absolute atomic E-state index is 5.82. The Morgan fingerprint density at radius 2 is 2.00 bits per heavy atom. The molecule has 0 amide bonds. The van der Waals surface area contributed by atoms with Gasteiger partial charge in [-0.1, -0.05) is 11.6 Å². The van der Waals surface area contributed by atoms with Crippen molar-refractivity contribution in [1.29, 1.82) is 0 Å². The molecule has 0 fully saturated rings. The summed E-state index contributed by atoms with van der Waals surface area (Å²) in [4.78, 5) is 8.07. The highest BCUT2D eigenvalue weighted by atomic mass is 35.5. The van der Waals surface area contributed by atoms with Crippen LogP contribution in [0.4, 0.5) is 0 Å².